The van der Waals surface area contributed by atoms with Crippen LogP contribution in [0.2, 0.25) is 0 Å². The zero-order valence-corrected chi connectivity index (χ0v) is 20.9. The van der Waals surface area contributed by atoms with E-state index >= 15 is 0 Å². The molecule has 170 valence electrons. The van der Waals surface area contributed by atoms with Crippen LogP contribution >= 0.6 is 23.1 Å². The standard InChI is InChI=1S/C26H28N4OS2/c1-15(2)12-20-18-6-4-5-7-19(18)22-23-24(33-25(22)30-20)26(28-14-27-23)32-13-21(31)29-17-10-8-16(3)9-11-17/h8-11,14-15H,4-7,12-13H2,1-3H3,(H,29,31). The van der Waals surface area contributed by atoms with Gasteiger partial charge in [-0.1, -0.05) is 43.3 Å². The second kappa shape index (κ2) is 9.39. The summed E-state index contributed by atoms with van der Waals surface area (Å²) in [5, 5.41) is 5.04. The number of anilines is 1. The highest BCUT2D eigenvalue weighted by Crippen LogP contribution is 2.41. The Morgan fingerprint density at radius 3 is 2.64 bits per heavy atom. The number of benzene rings is 1. The van der Waals surface area contributed by atoms with Crippen molar-refractivity contribution in [2.45, 2.75) is 57.9 Å². The SMILES string of the molecule is Cc1ccc(NC(=O)CSc2ncnc3c2sc2nc(CC(C)C)c4c(c23)CCCC4)cc1. The molecule has 0 atom stereocenters. The van der Waals surface area contributed by atoms with Gasteiger partial charge in [0.05, 0.1) is 16.0 Å². The smallest absolute Gasteiger partial charge is 0.234 e. The van der Waals surface area contributed by atoms with Crippen molar-refractivity contribution < 1.29 is 4.79 Å². The summed E-state index contributed by atoms with van der Waals surface area (Å²) in [5.74, 6) is 0.845. The first-order valence-electron chi connectivity index (χ1n) is 11.6. The molecule has 7 heteroatoms. The fourth-order valence-electron chi connectivity index (χ4n) is 4.54. The fourth-order valence-corrected chi connectivity index (χ4v) is 6.60. The van der Waals surface area contributed by atoms with Crippen LogP contribution in [0, 0.1) is 12.8 Å². The molecule has 3 aromatic heterocycles. The number of carbonyl (C=O) groups excluding carboxylic acids is 1. The lowest BCUT2D eigenvalue weighted by atomic mass is 9.87. The van der Waals surface area contributed by atoms with Gasteiger partial charge in [0.2, 0.25) is 5.91 Å². The lowest BCUT2D eigenvalue weighted by Crippen LogP contribution is -2.14. The number of pyridine rings is 1. The normalized spacial score (nSPS) is 13.6. The van der Waals surface area contributed by atoms with E-state index in [0.29, 0.717) is 11.7 Å². The van der Waals surface area contributed by atoms with E-state index in [0.717, 1.165) is 45.0 Å². The van der Waals surface area contributed by atoms with Crippen LogP contribution in [0.5, 0.6) is 0 Å². The number of nitrogens with zero attached hydrogens (tertiary/aromatic N) is 3. The maximum absolute atomic E-state index is 12.5. The van der Waals surface area contributed by atoms with E-state index in [1.807, 2.05) is 31.2 Å². The molecule has 0 unspecified atom stereocenters. The van der Waals surface area contributed by atoms with Gasteiger partial charge in [0, 0.05) is 16.8 Å². The van der Waals surface area contributed by atoms with E-state index < -0.39 is 0 Å². The maximum Gasteiger partial charge on any atom is 0.234 e. The van der Waals surface area contributed by atoms with Gasteiger partial charge < -0.3 is 5.32 Å². The highest BCUT2D eigenvalue weighted by molar-refractivity contribution is 8.00. The monoisotopic (exact) mass is 476 g/mol. The molecule has 0 saturated carbocycles. The van der Waals surface area contributed by atoms with Crippen LogP contribution in [0.1, 0.15) is 49.1 Å². The summed E-state index contributed by atoms with van der Waals surface area (Å²) in [6, 6.07) is 7.84. The molecule has 4 aromatic rings. The van der Waals surface area contributed by atoms with Crippen LogP contribution in [0.3, 0.4) is 0 Å². The van der Waals surface area contributed by atoms with Gasteiger partial charge in [-0.25, -0.2) is 15.0 Å². The Labute approximate surface area is 202 Å². The second-order valence-corrected chi connectivity index (χ2v) is 11.1. The van der Waals surface area contributed by atoms with Gasteiger partial charge in [-0.05, 0) is 68.2 Å². The molecule has 1 aliphatic carbocycles. The molecule has 1 N–H and O–H groups in total. The number of amides is 1. The molecular formula is C26H28N4OS2. The fraction of sp³-hybridized carbons (Fsp3) is 0.385. The van der Waals surface area contributed by atoms with Crippen LogP contribution < -0.4 is 5.32 Å². The number of rotatable bonds is 6. The molecule has 1 amide bonds. The van der Waals surface area contributed by atoms with E-state index in [1.54, 1.807) is 17.7 Å². The van der Waals surface area contributed by atoms with Gasteiger partial charge >= 0.3 is 0 Å². The summed E-state index contributed by atoms with van der Waals surface area (Å²) in [7, 11) is 0. The summed E-state index contributed by atoms with van der Waals surface area (Å²) in [5.41, 5.74) is 7.14. The van der Waals surface area contributed by atoms with Gasteiger partial charge in [-0.3, -0.25) is 4.79 Å². The van der Waals surface area contributed by atoms with Crippen molar-refractivity contribution in [3.05, 3.63) is 53.0 Å². The Kier molecular flexibility index (Phi) is 6.34. The van der Waals surface area contributed by atoms with Crippen molar-refractivity contribution in [1.29, 1.82) is 0 Å². The zero-order chi connectivity index (χ0) is 22.9. The lowest BCUT2D eigenvalue weighted by Gasteiger charge is -2.20. The molecule has 5 rings (SSSR count). The number of hydrogen-bond donors (Lipinski definition) is 1. The van der Waals surface area contributed by atoms with E-state index in [1.165, 1.54) is 52.4 Å². The number of thioether (sulfide) groups is 1. The third kappa shape index (κ3) is 4.62. The second-order valence-electron chi connectivity index (χ2n) is 9.16. The van der Waals surface area contributed by atoms with Gasteiger partial charge in [-0.15, -0.1) is 11.3 Å². The van der Waals surface area contributed by atoms with Crippen molar-refractivity contribution in [3.8, 4) is 0 Å². The molecule has 0 radical (unpaired) electrons. The Morgan fingerprint density at radius 1 is 1.12 bits per heavy atom. The molecule has 0 spiro atoms. The van der Waals surface area contributed by atoms with Crippen LogP contribution in [0.4, 0.5) is 5.69 Å². The van der Waals surface area contributed by atoms with E-state index in [9.17, 15) is 4.79 Å². The Bertz CT molecular complexity index is 1330. The highest BCUT2D eigenvalue weighted by atomic mass is 32.2. The molecule has 5 nitrogen and oxygen atoms in total. The van der Waals surface area contributed by atoms with Crippen LogP contribution in [-0.4, -0.2) is 26.6 Å². The largest absolute Gasteiger partial charge is 0.325 e. The average Bonchev–Trinajstić information content (AvgIpc) is 3.18. The van der Waals surface area contributed by atoms with Crippen molar-refractivity contribution >= 4 is 55.1 Å². The quantitative estimate of drug-likeness (QED) is 0.259. The minimum atomic E-state index is -0.0357. The number of aryl methyl sites for hydroxylation is 2. The van der Waals surface area contributed by atoms with E-state index in [2.05, 4.69) is 29.1 Å². The van der Waals surface area contributed by atoms with E-state index in [-0.39, 0.29) is 5.91 Å². The number of nitrogens with one attached hydrogen (secondary N) is 1. The third-order valence-electron chi connectivity index (χ3n) is 6.05. The number of carbonyl (C=O) groups is 1. The van der Waals surface area contributed by atoms with Gasteiger partial charge in [0.25, 0.3) is 0 Å². The molecule has 1 aromatic carbocycles. The van der Waals surface area contributed by atoms with Crippen LogP contribution in [-0.2, 0) is 24.1 Å². The van der Waals surface area contributed by atoms with Crippen molar-refractivity contribution in [2.24, 2.45) is 5.92 Å². The summed E-state index contributed by atoms with van der Waals surface area (Å²) in [6.45, 7) is 6.55. The number of hydrogen-bond acceptors (Lipinski definition) is 6. The van der Waals surface area contributed by atoms with Gasteiger partial charge in [0.1, 0.15) is 16.2 Å². The Morgan fingerprint density at radius 2 is 1.88 bits per heavy atom. The molecule has 0 saturated heterocycles. The number of thiophene rings is 1. The summed E-state index contributed by atoms with van der Waals surface area (Å²) in [4.78, 5) is 27.9. The van der Waals surface area contributed by atoms with Crippen molar-refractivity contribution in [3.63, 3.8) is 0 Å². The first-order chi connectivity index (χ1) is 16.0. The number of aromatic nitrogens is 3. The van der Waals surface area contributed by atoms with Gasteiger partial charge in [-0.2, -0.15) is 0 Å². The summed E-state index contributed by atoms with van der Waals surface area (Å²) < 4.78 is 1.04. The molecule has 1 aliphatic rings. The van der Waals surface area contributed by atoms with Crippen LogP contribution in [0.15, 0.2) is 35.6 Å². The molecule has 0 fully saturated rings. The number of fused-ring (bicyclic) bond motifs is 5. The molecule has 0 aliphatic heterocycles. The van der Waals surface area contributed by atoms with Gasteiger partial charge in [0.15, 0.2) is 0 Å². The average molecular weight is 477 g/mol. The predicted molar refractivity (Wildman–Crippen MR) is 138 cm³/mol. The molecular weight excluding hydrogens is 448 g/mol. The highest BCUT2D eigenvalue weighted by Gasteiger charge is 2.23. The lowest BCUT2D eigenvalue weighted by molar-refractivity contribution is -0.113. The molecule has 0 bridgehead atoms. The summed E-state index contributed by atoms with van der Waals surface area (Å²) in [6.07, 6.45) is 7.31. The van der Waals surface area contributed by atoms with Crippen molar-refractivity contribution in [2.75, 3.05) is 11.1 Å². The molecule has 33 heavy (non-hydrogen) atoms. The maximum atomic E-state index is 12.5. The van der Waals surface area contributed by atoms with Crippen molar-refractivity contribution in [1.82, 2.24) is 15.0 Å². The van der Waals surface area contributed by atoms with Crippen LogP contribution in [0.25, 0.3) is 20.4 Å². The van der Waals surface area contributed by atoms with E-state index in [4.69, 9.17) is 4.98 Å². The third-order valence-corrected chi connectivity index (χ3v) is 8.25. The Balaban J connectivity index is 1.46. The zero-order valence-electron chi connectivity index (χ0n) is 19.3. The predicted octanol–water partition coefficient (Wildman–Crippen LogP) is 6.36. The first-order valence-corrected chi connectivity index (χ1v) is 13.4. The topological polar surface area (TPSA) is 67.8 Å². The Hall–Kier alpha value is -2.51. The molecule has 3 heterocycles. The first kappa shape index (κ1) is 22.3. The minimum Gasteiger partial charge on any atom is -0.325 e. The minimum absolute atomic E-state index is 0.0357. The summed E-state index contributed by atoms with van der Waals surface area (Å²) >= 11 is 3.14.